The van der Waals surface area contributed by atoms with Crippen molar-refractivity contribution in [2.24, 2.45) is 0 Å². The Labute approximate surface area is 154 Å². The van der Waals surface area contributed by atoms with Crippen molar-refractivity contribution in [3.63, 3.8) is 0 Å². The van der Waals surface area contributed by atoms with Crippen molar-refractivity contribution in [3.05, 3.63) is 59.7 Å². The van der Waals surface area contributed by atoms with Gasteiger partial charge in [0.05, 0.1) is 11.3 Å². The van der Waals surface area contributed by atoms with Gasteiger partial charge < -0.3 is 10.1 Å². The fourth-order valence-corrected chi connectivity index (χ4v) is 4.05. The van der Waals surface area contributed by atoms with Gasteiger partial charge in [-0.05, 0) is 45.9 Å². The molecule has 1 heterocycles. The van der Waals surface area contributed by atoms with Crippen molar-refractivity contribution in [2.75, 3.05) is 0 Å². The first kappa shape index (κ1) is 17.9. The van der Waals surface area contributed by atoms with Crippen molar-refractivity contribution in [1.82, 2.24) is 5.32 Å². The Morgan fingerprint density at radius 3 is 2.68 bits per heavy atom. The molecule has 132 valence electrons. The number of ether oxygens (including phenoxy) is 1. The minimum atomic E-state index is -0.296. The number of nitrogens with one attached hydrogen (secondary N) is 1. The highest BCUT2D eigenvalue weighted by molar-refractivity contribution is 8.00. The maximum absolute atomic E-state index is 12.7. The maximum atomic E-state index is 12.7. The number of benzene rings is 2. The Balaban J connectivity index is 1.75. The molecule has 0 bridgehead atoms. The first-order valence-electron chi connectivity index (χ1n) is 8.66. The van der Waals surface area contributed by atoms with Crippen molar-refractivity contribution in [1.29, 1.82) is 0 Å². The van der Waals surface area contributed by atoms with Crippen LogP contribution in [-0.4, -0.2) is 16.8 Å². The highest BCUT2D eigenvalue weighted by Crippen LogP contribution is 2.40. The molecule has 3 rings (SSSR count). The summed E-state index contributed by atoms with van der Waals surface area (Å²) in [6.07, 6.45) is 0.762. The first-order valence-corrected chi connectivity index (χ1v) is 9.54. The van der Waals surface area contributed by atoms with Crippen LogP contribution in [0.3, 0.4) is 0 Å². The zero-order valence-electron chi connectivity index (χ0n) is 15.2. The molecule has 1 aliphatic rings. The molecule has 1 amide bonds. The van der Waals surface area contributed by atoms with Gasteiger partial charge in [-0.3, -0.25) is 4.79 Å². The average molecular weight is 356 g/mol. The van der Waals surface area contributed by atoms with E-state index in [1.54, 1.807) is 11.8 Å². The van der Waals surface area contributed by atoms with E-state index >= 15 is 0 Å². The van der Waals surface area contributed by atoms with Gasteiger partial charge in [-0.1, -0.05) is 35.9 Å². The summed E-state index contributed by atoms with van der Waals surface area (Å²) in [7, 11) is 0. The predicted octanol–water partition coefficient (Wildman–Crippen LogP) is 4.89. The number of amides is 1. The quantitative estimate of drug-likeness (QED) is 0.793. The van der Waals surface area contributed by atoms with E-state index in [-0.39, 0.29) is 22.8 Å². The number of aryl methyl sites for hydroxylation is 1. The molecule has 1 aliphatic heterocycles. The number of hydrogen-bond acceptors (Lipinski definition) is 3. The highest BCUT2D eigenvalue weighted by atomic mass is 32.2. The lowest BCUT2D eigenvalue weighted by Gasteiger charge is -2.38. The van der Waals surface area contributed by atoms with Gasteiger partial charge in [-0.2, -0.15) is 0 Å². The minimum Gasteiger partial charge on any atom is -0.487 e. The smallest absolute Gasteiger partial charge is 0.233 e. The predicted molar refractivity (Wildman–Crippen MR) is 103 cm³/mol. The molecule has 0 aromatic heterocycles. The molecule has 2 atom stereocenters. The third-order valence-electron chi connectivity index (χ3n) is 4.36. The van der Waals surface area contributed by atoms with Gasteiger partial charge in [-0.15, -0.1) is 11.8 Å². The maximum Gasteiger partial charge on any atom is 0.233 e. The fourth-order valence-electron chi connectivity index (χ4n) is 3.15. The van der Waals surface area contributed by atoms with Gasteiger partial charge in [0.25, 0.3) is 0 Å². The molecule has 25 heavy (non-hydrogen) atoms. The van der Waals surface area contributed by atoms with Crippen molar-refractivity contribution in [3.8, 4) is 5.75 Å². The van der Waals surface area contributed by atoms with Crippen LogP contribution in [0.4, 0.5) is 0 Å². The third-order valence-corrected chi connectivity index (χ3v) is 5.48. The summed E-state index contributed by atoms with van der Waals surface area (Å²) < 4.78 is 6.09. The third kappa shape index (κ3) is 4.37. The molecule has 0 saturated carbocycles. The summed E-state index contributed by atoms with van der Waals surface area (Å²) in [5.41, 5.74) is 1.95. The lowest BCUT2D eigenvalue weighted by Crippen LogP contribution is -2.43. The summed E-state index contributed by atoms with van der Waals surface area (Å²) in [5, 5.41) is 3.09. The zero-order chi connectivity index (χ0) is 18.0. The van der Waals surface area contributed by atoms with Crippen LogP contribution in [0.2, 0.25) is 0 Å². The molecule has 0 radical (unpaired) electrons. The number of carbonyl (C=O) groups excluding carboxylic acids is 1. The fraction of sp³-hybridized carbons (Fsp3) is 0.381. The van der Waals surface area contributed by atoms with Crippen molar-refractivity contribution in [2.45, 2.75) is 55.9 Å². The largest absolute Gasteiger partial charge is 0.487 e. The highest BCUT2D eigenvalue weighted by Gasteiger charge is 2.35. The standard InChI is InChI=1S/C21H25NO2S/c1-14-10-11-19-17(12-14)18(13-21(3,4)24-19)22-20(23)15(2)25-16-8-6-5-7-9-16/h5-12,15,18H,13H2,1-4H3,(H,22,23)/t15-,18-/m0/s1. The summed E-state index contributed by atoms with van der Waals surface area (Å²) in [5.74, 6) is 0.930. The van der Waals surface area contributed by atoms with E-state index in [1.807, 2.05) is 49.4 Å². The lowest BCUT2D eigenvalue weighted by atomic mass is 9.89. The molecule has 0 saturated heterocycles. The molecule has 3 nitrogen and oxygen atoms in total. The molecule has 4 heteroatoms. The van der Waals surface area contributed by atoms with Gasteiger partial charge >= 0.3 is 0 Å². The second-order valence-electron chi connectivity index (χ2n) is 7.24. The monoisotopic (exact) mass is 355 g/mol. The van der Waals surface area contributed by atoms with Crippen molar-refractivity contribution >= 4 is 17.7 Å². The Bertz CT molecular complexity index is 758. The van der Waals surface area contributed by atoms with E-state index in [1.165, 1.54) is 5.56 Å². The Hall–Kier alpha value is -1.94. The molecule has 0 spiro atoms. The van der Waals surface area contributed by atoms with Gasteiger partial charge in [0.1, 0.15) is 11.4 Å². The Morgan fingerprint density at radius 1 is 1.24 bits per heavy atom. The number of thioether (sulfide) groups is 1. The molecule has 0 aliphatic carbocycles. The topological polar surface area (TPSA) is 38.3 Å². The summed E-state index contributed by atoms with van der Waals surface area (Å²) in [4.78, 5) is 13.9. The summed E-state index contributed by atoms with van der Waals surface area (Å²) in [6.45, 7) is 8.15. The molecule has 0 fully saturated rings. The van der Waals surface area contributed by atoms with Crippen LogP contribution in [0.15, 0.2) is 53.4 Å². The lowest BCUT2D eigenvalue weighted by molar-refractivity contribution is -0.121. The van der Waals surface area contributed by atoms with Crippen LogP contribution >= 0.6 is 11.8 Å². The SMILES string of the molecule is Cc1ccc2c(c1)[C@@H](NC(=O)[C@H](C)Sc1ccccc1)CC(C)(C)O2. The van der Waals surface area contributed by atoms with Crippen LogP contribution in [0.5, 0.6) is 5.75 Å². The van der Waals surface area contributed by atoms with E-state index < -0.39 is 0 Å². The van der Waals surface area contributed by atoms with E-state index in [9.17, 15) is 4.79 Å². The van der Waals surface area contributed by atoms with E-state index in [0.717, 1.165) is 22.6 Å². The van der Waals surface area contributed by atoms with E-state index in [2.05, 4.69) is 32.2 Å². The summed E-state index contributed by atoms with van der Waals surface area (Å²) in [6, 6.07) is 16.2. The van der Waals surface area contributed by atoms with Crippen LogP contribution in [0, 0.1) is 6.92 Å². The van der Waals surface area contributed by atoms with Crippen molar-refractivity contribution < 1.29 is 9.53 Å². The number of hydrogen-bond donors (Lipinski definition) is 1. The zero-order valence-corrected chi connectivity index (χ0v) is 16.0. The molecular formula is C21H25NO2S. The normalized spacial score (nSPS) is 19.4. The Morgan fingerprint density at radius 2 is 1.96 bits per heavy atom. The number of rotatable bonds is 4. The van der Waals surface area contributed by atoms with E-state index in [4.69, 9.17) is 4.74 Å². The molecular weight excluding hydrogens is 330 g/mol. The van der Waals surface area contributed by atoms with Gasteiger partial charge in [-0.25, -0.2) is 0 Å². The van der Waals surface area contributed by atoms with Gasteiger partial charge in [0.15, 0.2) is 0 Å². The van der Waals surface area contributed by atoms with Crippen LogP contribution in [0.1, 0.15) is 44.4 Å². The van der Waals surface area contributed by atoms with E-state index in [0.29, 0.717) is 0 Å². The number of carbonyl (C=O) groups is 1. The van der Waals surface area contributed by atoms with Crippen LogP contribution in [-0.2, 0) is 4.79 Å². The van der Waals surface area contributed by atoms with Gasteiger partial charge in [0, 0.05) is 16.9 Å². The van der Waals surface area contributed by atoms with Crippen LogP contribution < -0.4 is 10.1 Å². The average Bonchev–Trinajstić information content (AvgIpc) is 2.55. The summed E-state index contributed by atoms with van der Waals surface area (Å²) >= 11 is 1.58. The molecule has 2 aromatic rings. The van der Waals surface area contributed by atoms with Crippen LogP contribution in [0.25, 0.3) is 0 Å². The second kappa shape index (κ2) is 7.12. The minimum absolute atomic E-state index is 0.0232. The molecule has 1 N–H and O–H groups in total. The Kier molecular flexibility index (Phi) is 5.09. The first-order chi connectivity index (χ1) is 11.8. The molecule has 0 unspecified atom stereocenters. The van der Waals surface area contributed by atoms with Gasteiger partial charge in [0.2, 0.25) is 5.91 Å². The second-order valence-corrected chi connectivity index (χ2v) is 8.66. The molecule has 2 aromatic carbocycles. The number of fused-ring (bicyclic) bond motifs is 1.